The molecule has 0 atom stereocenters. The van der Waals surface area contributed by atoms with Crippen molar-refractivity contribution in [3.8, 4) is 5.75 Å². The van der Waals surface area contributed by atoms with Gasteiger partial charge in [0.15, 0.2) is 23.3 Å². The maximum atomic E-state index is 14.3. The summed E-state index contributed by atoms with van der Waals surface area (Å²) < 4.78 is 76.5. The Labute approximate surface area is 224 Å². The van der Waals surface area contributed by atoms with Gasteiger partial charge in [0.2, 0.25) is 5.82 Å². The van der Waals surface area contributed by atoms with Crippen LogP contribution in [0.15, 0.2) is 51.5 Å². The quantitative estimate of drug-likeness (QED) is 0.0927. The molecule has 0 aromatic heterocycles. The van der Waals surface area contributed by atoms with Crippen molar-refractivity contribution < 1.29 is 31.5 Å². The average molecular weight is 677 g/mol. The molecule has 186 valence electrons. The van der Waals surface area contributed by atoms with E-state index in [4.69, 9.17) is 4.74 Å². The van der Waals surface area contributed by atoms with E-state index >= 15 is 0 Å². The van der Waals surface area contributed by atoms with Crippen molar-refractivity contribution in [2.24, 2.45) is 5.10 Å². The summed E-state index contributed by atoms with van der Waals surface area (Å²) in [6.07, 6.45) is 1.41. The molecule has 11 heteroatoms. The number of ether oxygens (including phenoxy) is 1. The van der Waals surface area contributed by atoms with E-state index in [2.05, 4.69) is 43.6 Å². The Morgan fingerprint density at radius 2 is 1.64 bits per heavy atom. The van der Waals surface area contributed by atoms with Crippen molar-refractivity contribution in [3.05, 3.63) is 95.8 Å². The number of carbonyl (C=O) groups is 1. The van der Waals surface area contributed by atoms with E-state index in [0.29, 0.717) is 26.0 Å². The Balaban J connectivity index is 1.63. The molecule has 0 saturated heterocycles. The number of anilines is 1. The average Bonchev–Trinajstić information content (AvgIpc) is 3.09. The van der Waals surface area contributed by atoms with Crippen LogP contribution in [-0.2, 0) is 11.4 Å². The number of hydrogen-bond donors (Lipinski definition) is 0. The summed E-state index contributed by atoms with van der Waals surface area (Å²) in [5.74, 6) is -11.4. The summed E-state index contributed by atoms with van der Waals surface area (Å²) in [6, 6.07) is 11.2. The van der Waals surface area contributed by atoms with Crippen molar-refractivity contribution >= 4 is 61.9 Å². The highest BCUT2D eigenvalue weighted by molar-refractivity contribution is 14.1. The predicted octanol–water partition coefficient (Wildman–Crippen LogP) is 7.44. The van der Waals surface area contributed by atoms with Crippen LogP contribution in [0.3, 0.4) is 0 Å². The zero-order chi connectivity index (χ0) is 26.3. The molecule has 0 radical (unpaired) electrons. The van der Waals surface area contributed by atoms with Gasteiger partial charge in [0.1, 0.15) is 18.0 Å². The molecule has 0 aliphatic carbocycles. The molecule has 3 aromatic carbocycles. The minimum atomic E-state index is -2.32. The second kappa shape index (κ2) is 10.3. The zero-order valence-electron chi connectivity index (χ0n) is 18.6. The fourth-order valence-corrected chi connectivity index (χ4v) is 5.31. The van der Waals surface area contributed by atoms with Gasteiger partial charge < -0.3 is 4.74 Å². The molecule has 0 saturated carbocycles. The van der Waals surface area contributed by atoms with Crippen LogP contribution in [0.2, 0.25) is 0 Å². The van der Waals surface area contributed by atoms with E-state index in [1.54, 1.807) is 12.1 Å². The molecule has 1 heterocycles. The van der Waals surface area contributed by atoms with Gasteiger partial charge in [0.25, 0.3) is 5.91 Å². The van der Waals surface area contributed by atoms with Gasteiger partial charge in [-0.2, -0.15) is 10.1 Å². The number of nitrogens with zero attached hydrogens (tertiary/aromatic N) is 2. The van der Waals surface area contributed by atoms with Gasteiger partial charge in [0, 0.05) is 0 Å². The third kappa shape index (κ3) is 4.90. The van der Waals surface area contributed by atoms with Gasteiger partial charge in [-0.3, -0.25) is 4.79 Å². The number of amides is 1. The molecule has 36 heavy (non-hydrogen) atoms. The first kappa shape index (κ1) is 26.3. The highest BCUT2D eigenvalue weighted by Gasteiger charge is 2.37. The van der Waals surface area contributed by atoms with Gasteiger partial charge in [-0.05, 0) is 81.7 Å². The van der Waals surface area contributed by atoms with Crippen LogP contribution in [0.25, 0.3) is 6.08 Å². The number of hydrazone groups is 1. The standard InChI is InChI=1S/C25H15BrF5IN2O2/c1-11-4-3-5-13(6-11)10-36-24-16(26)8-14(9-17(24)32)7-15-12(2)33-34(25(15)35)23-21(30)19(28)18(27)20(29)22(23)31/h3-9H,10H2,1-2H3/b15-7+. The first-order valence-corrected chi connectivity index (χ1v) is 12.2. The second-order valence-corrected chi connectivity index (χ2v) is 9.89. The Morgan fingerprint density at radius 1 is 1.00 bits per heavy atom. The van der Waals surface area contributed by atoms with Crippen LogP contribution in [0, 0.1) is 39.6 Å². The number of halogens is 7. The number of hydrogen-bond acceptors (Lipinski definition) is 3. The lowest BCUT2D eigenvalue weighted by molar-refractivity contribution is -0.114. The zero-order valence-corrected chi connectivity index (χ0v) is 22.3. The van der Waals surface area contributed by atoms with Gasteiger partial charge in [-0.15, -0.1) is 0 Å². The van der Waals surface area contributed by atoms with E-state index in [1.807, 2.05) is 31.2 Å². The topological polar surface area (TPSA) is 41.9 Å². The smallest absolute Gasteiger partial charge is 0.280 e. The molecule has 4 rings (SSSR count). The van der Waals surface area contributed by atoms with Crippen LogP contribution in [0.1, 0.15) is 23.6 Å². The fourth-order valence-electron chi connectivity index (χ4n) is 3.54. The molecule has 0 N–H and O–H groups in total. The summed E-state index contributed by atoms with van der Waals surface area (Å²) in [5, 5.41) is 3.92. The lowest BCUT2D eigenvalue weighted by atomic mass is 10.1. The molecule has 1 aliphatic rings. The summed E-state index contributed by atoms with van der Waals surface area (Å²) in [7, 11) is 0. The first-order chi connectivity index (χ1) is 17.0. The molecule has 0 fully saturated rings. The highest BCUT2D eigenvalue weighted by atomic mass is 127. The van der Waals surface area contributed by atoms with Crippen LogP contribution in [0.4, 0.5) is 27.6 Å². The van der Waals surface area contributed by atoms with Crippen molar-refractivity contribution in [3.63, 3.8) is 0 Å². The van der Waals surface area contributed by atoms with E-state index in [9.17, 15) is 26.7 Å². The Kier molecular flexibility index (Phi) is 7.51. The largest absolute Gasteiger partial charge is 0.487 e. The van der Waals surface area contributed by atoms with Crippen LogP contribution in [-0.4, -0.2) is 11.6 Å². The summed E-state index contributed by atoms with van der Waals surface area (Å²) >= 11 is 5.52. The van der Waals surface area contributed by atoms with E-state index in [0.717, 1.165) is 11.1 Å². The highest BCUT2D eigenvalue weighted by Crippen LogP contribution is 2.36. The second-order valence-electron chi connectivity index (χ2n) is 7.87. The van der Waals surface area contributed by atoms with Gasteiger partial charge in [-0.1, -0.05) is 29.8 Å². The van der Waals surface area contributed by atoms with Crippen molar-refractivity contribution in [2.45, 2.75) is 20.5 Å². The third-order valence-electron chi connectivity index (χ3n) is 5.26. The number of aryl methyl sites for hydroxylation is 1. The number of carbonyl (C=O) groups excluding carboxylic acids is 1. The molecule has 0 unspecified atom stereocenters. The minimum absolute atomic E-state index is 0.0369. The summed E-state index contributed by atoms with van der Waals surface area (Å²) in [5.41, 5.74) is 1.14. The molecule has 1 amide bonds. The SMILES string of the molecule is CC1=NN(c2c(F)c(F)c(F)c(F)c2F)C(=O)/C1=C/c1cc(Br)c(OCc2cccc(C)c2)c(I)c1. The monoisotopic (exact) mass is 676 g/mol. The van der Waals surface area contributed by atoms with Crippen LogP contribution in [0.5, 0.6) is 5.75 Å². The molecular formula is C25H15BrF5IN2O2. The molecular weight excluding hydrogens is 662 g/mol. The van der Waals surface area contributed by atoms with Gasteiger partial charge in [0.05, 0.1) is 19.3 Å². The van der Waals surface area contributed by atoms with Crippen LogP contribution >= 0.6 is 38.5 Å². The first-order valence-electron chi connectivity index (χ1n) is 10.3. The lowest BCUT2D eigenvalue weighted by Crippen LogP contribution is -2.25. The number of benzene rings is 3. The maximum Gasteiger partial charge on any atom is 0.280 e. The molecule has 0 spiro atoms. The normalized spacial score (nSPS) is 14.6. The lowest BCUT2D eigenvalue weighted by Gasteiger charge is -2.15. The van der Waals surface area contributed by atoms with Crippen molar-refractivity contribution in [1.29, 1.82) is 0 Å². The molecule has 0 bridgehead atoms. The maximum absolute atomic E-state index is 14.3. The Morgan fingerprint density at radius 3 is 2.25 bits per heavy atom. The number of rotatable bonds is 5. The van der Waals surface area contributed by atoms with Gasteiger partial charge in [-0.25, -0.2) is 22.0 Å². The molecule has 3 aromatic rings. The summed E-state index contributed by atoms with van der Waals surface area (Å²) in [6.45, 7) is 3.70. The predicted molar refractivity (Wildman–Crippen MR) is 137 cm³/mol. The minimum Gasteiger partial charge on any atom is -0.487 e. The fraction of sp³-hybridized carbons (Fsp3) is 0.120. The molecule has 1 aliphatic heterocycles. The van der Waals surface area contributed by atoms with Gasteiger partial charge >= 0.3 is 0 Å². The Bertz CT molecular complexity index is 1420. The molecule has 4 nitrogen and oxygen atoms in total. The van der Waals surface area contributed by atoms with E-state index in [1.165, 1.54) is 13.0 Å². The van der Waals surface area contributed by atoms with Crippen molar-refractivity contribution in [1.82, 2.24) is 0 Å². The summed E-state index contributed by atoms with van der Waals surface area (Å²) in [4.78, 5) is 12.9. The van der Waals surface area contributed by atoms with E-state index < -0.39 is 40.7 Å². The Hall–Kier alpha value is -2.80. The van der Waals surface area contributed by atoms with Crippen molar-refractivity contribution in [2.75, 3.05) is 5.01 Å². The third-order valence-corrected chi connectivity index (χ3v) is 6.65. The van der Waals surface area contributed by atoms with E-state index in [-0.39, 0.29) is 16.3 Å². The van der Waals surface area contributed by atoms with Crippen LogP contribution < -0.4 is 9.75 Å².